The minimum atomic E-state index is -0.0731. The molecule has 1 amide bonds. The first-order chi connectivity index (χ1) is 8.97. The van der Waals surface area contributed by atoms with E-state index in [2.05, 4.69) is 24.1 Å². The van der Waals surface area contributed by atoms with Gasteiger partial charge in [0.2, 0.25) is 0 Å². The SMILES string of the molecule is CC1(C)CC1NC(=O)c1cc(Cl)nc2ccccc12. The maximum Gasteiger partial charge on any atom is 0.252 e. The van der Waals surface area contributed by atoms with Crippen molar-refractivity contribution in [1.82, 2.24) is 10.3 Å². The van der Waals surface area contributed by atoms with Crippen LogP contribution in [0.15, 0.2) is 30.3 Å². The van der Waals surface area contributed by atoms with Gasteiger partial charge in [-0.1, -0.05) is 43.6 Å². The average Bonchev–Trinajstić information content (AvgIpc) is 2.95. The molecular weight excluding hydrogens is 260 g/mol. The molecule has 1 atom stereocenters. The Morgan fingerprint density at radius 3 is 2.79 bits per heavy atom. The summed E-state index contributed by atoms with van der Waals surface area (Å²) in [7, 11) is 0. The number of halogens is 1. The maximum absolute atomic E-state index is 12.4. The molecule has 98 valence electrons. The van der Waals surface area contributed by atoms with Crippen LogP contribution in [0.5, 0.6) is 0 Å². The molecule has 2 aromatic rings. The summed E-state index contributed by atoms with van der Waals surface area (Å²) in [5.74, 6) is -0.0731. The molecule has 1 aliphatic carbocycles. The van der Waals surface area contributed by atoms with E-state index in [-0.39, 0.29) is 17.4 Å². The van der Waals surface area contributed by atoms with Gasteiger partial charge in [-0.25, -0.2) is 4.98 Å². The summed E-state index contributed by atoms with van der Waals surface area (Å²) < 4.78 is 0. The number of para-hydroxylation sites is 1. The standard InChI is InChI=1S/C15H15ClN2O/c1-15(2)8-12(15)18-14(19)10-7-13(16)17-11-6-4-3-5-9(10)11/h3-7,12H,8H2,1-2H3,(H,18,19). The molecule has 1 unspecified atom stereocenters. The molecule has 0 saturated heterocycles. The van der Waals surface area contributed by atoms with E-state index in [4.69, 9.17) is 11.6 Å². The quantitative estimate of drug-likeness (QED) is 0.853. The van der Waals surface area contributed by atoms with E-state index < -0.39 is 0 Å². The predicted octanol–water partition coefficient (Wildman–Crippen LogP) is 3.42. The fourth-order valence-electron chi connectivity index (χ4n) is 2.28. The van der Waals surface area contributed by atoms with Gasteiger partial charge in [0, 0.05) is 11.4 Å². The van der Waals surface area contributed by atoms with Crippen molar-refractivity contribution >= 4 is 28.4 Å². The summed E-state index contributed by atoms with van der Waals surface area (Å²) in [5, 5.41) is 4.24. The van der Waals surface area contributed by atoms with E-state index >= 15 is 0 Å². The molecule has 3 rings (SSSR count). The van der Waals surface area contributed by atoms with Gasteiger partial charge >= 0.3 is 0 Å². The summed E-state index contributed by atoms with van der Waals surface area (Å²) in [5.41, 5.74) is 1.55. The van der Waals surface area contributed by atoms with Crippen molar-refractivity contribution in [3.05, 3.63) is 41.0 Å². The number of fused-ring (bicyclic) bond motifs is 1. The number of hydrogen-bond donors (Lipinski definition) is 1. The van der Waals surface area contributed by atoms with Crippen molar-refractivity contribution in [3.8, 4) is 0 Å². The molecule has 0 aliphatic heterocycles. The predicted molar refractivity (Wildman–Crippen MR) is 76.4 cm³/mol. The number of carbonyl (C=O) groups is 1. The number of nitrogens with one attached hydrogen (secondary N) is 1. The van der Waals surface area contributed by atoms with Crippen LogP contribution in [-0.4, -0.2) is 16.9 Å². The van der Waals surface area contributed by atoms with Crippen molar-refractivity contribution in [3.63, 3.8) is 0 Å². The van der Waals surface area contributed by atoms with Crippen LogP contribution in [0.3, 0.4) is 0 Å². The van der Waals surface area contributed by atoms with Crippen molar-refractivity contribution in [1.29, 1.82) is 0 Å². The largest absolute Gasteiger partial charge is 0.349 e. The van der Waals surface area contributed by atoms with Gasteiger partial charge in [0.15, 0.2) is 0 Å². The summed E-state index contributed by atoms with van der Waals surface area (Å²) in [6.45, 7) is 4.30. The smallest absolute Gasteiger partial charge is 0.252 e. The molecule has 1 heterocycles. The average molecular weight is 275 g/mol. The lowest BCUT2D eigenvalue weighted by Crippen LogP contribution is -2.28. The summed E-state index contributed by atoms with van der Waals surface area (Å²) >= 11 is 5.98. The Bertz CT molecular complexity index is 666. The molecule has 3 nitrogen and oxygen atoms in total. The summed E-state index contributed by atoms with van der Waals surface area (Å²) in [4.78, 5) is 16.6. The lowest BCUT2D eigenvalue weighted by atomic mass is 10.1. The van der Waals surface area contributed by atoms with Crippen LogP contribution in [0, 0.1) is 5.41 Å². The Hall–Kier alpha value is -1.61. The lowest BCUT2D eigenvalue weighted by Gasteiger charge is -2.09. The minimum Gasteiger partial charge on any atom is -0.349 e. The highest BCUT2D eigenvalue weighted by Crippen LogP contribution is 2.44. The Morgan fingerprint density at radius 2 is 2.11 bits per heavy atom. The van der Waals surface area contributed by atoms with Crippen molar-refractivity contribution in [2.45, 2.75) is 26.3 Å². The molecule has 0 bridgehead atoms. The number of nitrogens with zero attached hydrogens (tertiary/aromatic N) is 1. The number of aromatic nitrogens is 1. The van der Waals surface area contributed by atoms with Crippen molar-refractivity contribution < 1.29 is 4.79 Å². The second-order valence-corrected chi connectivity index (χ2v) is 6.12. The van der Waals surface area contributed by atoms with E-state index in [0.717, 1.165) is 17.3 Å². The highest BCUT2D eigenvalue weighted by Gasteiger charge is 2.46. The highest BCUT2D eigenvalue weighted by atomic mass is 35.5. The Balaban J connectivity index is 1.97. The van der Waals surface area contributed by atoms with E-state index in [1.807, 2.05) is 24.3 Å². The fourth-order valence-corrected chi connectivity index (χ4v) is 2.48. The van der Waals surface area contributed by atoms with Gasteiger partial charge in [0.05, 0.1) is 11.1 Å². The molecular formula is C15H15ClN2O. The van der Waals surface area contributed by atoms with Crippen molar-refractivity contribution in [2.24, 2.45) is 5.41 Å². The van der Waals surface area contributed by atoms with Crippen LogP contribution in [0.4, 0.5) is 0 Å². The number of rotatable bonds is 2. The lowest BCUT2D eigenvalue weighted by molar-refractivity contribution is 0.0948. The molecule has 0 radical (unpaired) electrons. The Kier molecular flexibility index (Phi) is 2.75. The van der Waals surface area contributed by atoms with Crippen LogP contribution in [0.1, 0.15) is 30.6 Å². The normalized spacial score (nSPS) is 20.3. The Labute approximate surface area is 117 Å². The van der Waals surface area contributed by atoms with Crippen LogP contribution in [0.2, 0.25) is 5.15 Å². The van der Waals surface area contributed by atoms with Gasteiger partial charge in [0.25, 0.3) is 5.91 Å². The van der Waals surface area contributed by atoms with Crippen LogP contribution >= 0.6 is 11.6 Å². The number of amides is 1. The van der Waals surface area contributed by atoms with E-state index in [9.17, 15) is 4.79 Å². The molecule has 19 heavy (non-hydrogen) atoms. The number of carbonyl (C=O) groups excluding carboxylic acids is 1. The molecule has 1 aromatic carbocycles. The van der Waals surface area contributed by atoms with E-state index in [1.165, 1.54) is 0 Å². The van der Waals surface area contributed by atoms with Gasteiger partial charge in [-0.2, -0.15) is 0 Å². The molecule has 1 N–H and O–H groups in total. The minimum absolute atomic E-state index is 0.0731. The number of benzene rings is 1. The topological polar surface area (TPSA) is 42.0 Å². The molecule has 0 spiro atoms. The molecule has 1 saturated carbocycles. The molecule has 4 heteroatoms. The molecule has 1 fully saturated rings. The zero-order valence-electron chi connectivity index (χ0n) is 10.9. The Morgan fingerprint density at radius 1 is 1.42 bits per heavy atom. The van der Waals surface area contributed by atoms with Gasteiger partial charge < -0.3 is 5.32 Å². The van der Waals surface area contributed by atoms with E-state index in [0.29, 0.717) is 10.7 Å². The number of pyridine rings is 1. The summed E-state index contributed by atoms with van der Waals surface area (Å²) in [6.07, 6.45) is 1.02. The first kappa shape index (κ1) is 12.4. The van der Waals surface area contributed by atoms with Crippen LogP contribution in [0.25, 0.3) is 10.9 Å². The fraction of sp³-hybridized carbons (Fsp3) is 0.333. The zero-order valence-corrected chi connectivity index (χ0v) is 11.7. The number of hydrogen-bond acceptors (Lipinski definition) is 2. The second-order valence-electron chi connectivity index (χ2n) is 5.73. The monoisotopic (exact) mass is 274 g/mol. The van der Waals surface area contributed by atoms with Gasteiger partial charge in [0.1, 0.15) is 5.15 Å². The first-order valence-electron chi connectivity index (χ1n) is 6.33. The third kappa shape index (κ3) is 2.30. The second kappa shape index (κ2) is 4.20. The highest BCUT2D eigenvalue weighted by molar-refractivity contribution is 6.30. The van der Waals surface area contributed by atoms with Crippen LogP contribution in [-0.2, 0) is 0 Å². The van der Waals surface area contributed by atoms with Gasteiger partial charge in [-0.15, -0.1) is 0 Å². The third-order valence-corrected chi connectivity index (χ3v) is 3.94. The maximum atomic E-state index is 12.4. The van der Waals surface area contributed by atoms with E-state index in [1.54, 1.807) is 6.07 Å². The first-order valence-corrected chi connectivity index (χ1v) is 6.71. The summed E-state index contributed by atoms with van der Waals surface area (Å²) in [6, 6.07) is 9.43. The zero-order chi connectivity index (χ0) is 13.6. The third-order valence-electron chi connectivity index (χ3n) is 3.75. The van der Waals surface area contributed by atoms with Gasteiger partial charge in [-0.05, 0) is 24.0 Å². The van der Waals surface area contributed by atoms with Crippen molar-refractivity contribution in [2.75, 3.05) is 0 Å². The molecule has 1 aliphatic rings. The van der Waals surface area contributed by atoms with Gasteiger partial charge in [-0.3, -0.25) is 4.79 Å². The van der Waals surface area contributed by atoms with Crippen LogP contribution < -0.4 is 5.32 Å². The molecule has 1 aromatic heterocycles.